The second kappa shape index (κ2) is 4.39. The van der Waals surface area contributed by atoms with Crippen molar-refractivity contribution in [2.45, 2.75) is 6.92 Å². The molecule has 0 aliphatic carbocycles. The Morgan fingerprint density at radius 1 is 1.44 bits per heavy atom. The van der Waals surface area contributed by atoms with Gasteiger partial charge in [0.2, 0.25) is 0 Å². The number of nitrogens with one attached hydrogen (secondary N) is 1. The molecule has 0 radical (unpaired) electrons. The molecule has 1 N–H and O–H groups in total. The van der Waals surface area contributed by atoms with Crippen LogP contribution in [0.25, 0.3) is 10.6 Å². The van der Waals surface area contributed by atoms with Crippen LogP contribution in [-0.2, 0) is 0 Å². The maximum atomic E-state index is 13.4. The number of hydrogen-bond donors (Lipinski definition) is 1. The van der Waals surface area contributed by atoms with Gasteiger partial charge in [0.15, 0.2) is 0 Å². The fraction of sp³-hybridized carbons (Fsp3) is 0.182. The second-order valence-corrected chi connectivity index (χ2v) is 4.63. The average Bonchev–Trinajstić information content (AvgIpc) is 2.71. The third-order valence-corrected chi connectivity index (χ3v) is 3.43. The van der Waals surface area contributed by atoms with E-state index in [0.717, 1.165) is 5.82 Å². The molecule has 1 aromatic carbocycles. The van der Waals surface area contributed by atoms with E-state index in [-0.39, 0.29) is 5.82 Å². The molecule has 0 bridgehead atoms. The molecule has 0 aliphatic heterocycles. The fourth-order valence-electron chi connectivity index (χ4n) is 1.32. The molecule has 0 saturated heterocycles. The fourth-order valence-corrected chi connectivity index (χ4v) is 2.53. The Morgan fingerprint density at radius 2 is 2.19 bits per heavy atom. The molecule has 84 valence electrons. The Morgan fingerprint density at radius 3 is 2.81 bits per heavy atom. The standard InChI is InChI=1S/C11H10ClFN2S/c1-6-3-8(12)7(4-9(6)13)11-15-10(14-2)5-16-11/h3-5,14H,1-2H3. The molecule has 0 spiro atoms. The van der Waals surface area contributed by atoms with E-state index in [1.807, 2.05) is 5.38 Å². The molecule has 0 amide bonds. The number of aryl methyl sites for hydroxylation is 1. The van der Waals surface area contributed by atoms with Crippen molar-refractivity contribution < 1.29 is 4.39 Å². The summed E-state index contributed by atoms with van der Waals surface area (Å²) in [5, 5.41) is 6.03. The quantitative estimate of drug-likeness (QED) is 0.880. The first-order valence-corrected chi connectivity index (χ1v) is 5.97. The minimum atomic E-state index is -0.263. The monoisotopic (exact) mass is 256 g/mol. The first kappa shape index (κ1) is 11.4. The van der Waals surface area contributed by atoms with Crippen LogP contribution in [0.4, 0.5) is 10.2 Å². The Labute approximate surface area is 102 Å². The number of hydrogen-bond acceptors (Lipinski definition) is 3. The van der Waals surface area contributed by atoms with Gasteiger partial charge in [-0.2, -0.15) is 0 Å². The number of aromatic nitrogens is 1. The summed E-state index contributed by atoms with van der Waals surface area (Å²) in [7, 11) is 1.79. The van der Waals surface area contributed by atoms with Crippen LogP contribution < -0.4 is 5.32 Å². The predicted octanol–water partition coefficient (Wildman–Crippen LogP) is 3.95. The van der Waals surface area contributed by atoms with Crippen molar-refractivity contribution >= 4 is 28.8 Å². The lowest BCUT2D eigenvalue weighted by Crippen LogP contribution is -1.89. The summed E-state index contributed by atoms with van der Waals surface area (Å²) in [6, 6.07) is 3.04. The molecule has 1 aromatic heterocycles. The minimum absolute atomic E-state index is 0.263. The van der Waals surface area contributed by atoms with Crippen molar-refractivity contribution in [1.29, 1.82) is 0 Å². The first-order valence-electron chi connectivity index (χ1n) is 4.71. The number of thiazole rings is 1. The molecule has 2 rings (SSSR count). The van der Waals surface area contributed by atoms with Gasteiger partial charge in [0.05, 0.1) is 5.02 Å². The number of nitrogens with zero attached hydrogens (tertiary/aromatic N) is 1. The van der Waals surface area contributed by atoms with Gasteiger partial charge >= 0.3 is 0 Å². The third kappa shape index (κ3) is 2.03. The smallest absolute Gasteiger partial charge is 0.137 e. The lowest BCUT2D eigenvalue weighted by atomic mass is 10.1. The van der Waals surface area contributed by atoms with Gasteiger partial charge in [-0.15, -0.1) is 11.3 Å². The van der Waals surface area contributed by atoms with E-state index >= 15 is 0 Å². The van der Waals surface area contributed by atoms with Crippen LogP contribution in [0.1, 0.15) is 5.56 Å². The molecule has 2 aromatic rings. The maximum absolute atomic E-state index is 13.4. The molecule has 0 fully saturated rings. The molecular weight excluding hydrogens is 247 g/mol. The molecule has 5 heteroatoms. The van der Waals surface area contributed by atoms with E-state index < -0.39 is 0 Å². The highest BCUT2D eigenvalue weighted by atomic mass is 35.5. The van der Waals surface area contributed by atoms with Crippen molar-refractivity contribution in [2.24, 2.45) is 0 Å². The average molecular weight is 257 g/mol. The van der Waals surface area contributed by atoms with Gasteiger partial charge in [-0.1, -0.05) is 11.6 Å². The maximum Gasteiger partial charge on any atom is 0.137 e. The van der Waals surface area contributed by atoms with E-state index in [4.69, 9.17) is 11.6 Å². The Kier molecular flexibility index (Phi) is 3.12. The normalized spacial score (nSPS) is 10.5. The molecule has 1 heterocycles. The zero-order valence-electron chi connectivity index (χ0n) is 8.84. The summed E-state index contributed by atoms with van der Waals surface area (Å²) in [5.41, 5.74) is 1.18. The topological polar surface area (TPSA) is 24.9 Å². The highest BCUT2D eigenvalue weighted by molar-refractivity contribution is 7.13. The van der Waals surface area contributed by atoms with Crippen molar-refractivity contribution in [1.82, 2.24) is 4.98 Å². The molecule has 0 aliphatic rings. The SMILES string of the molecule is CNc1csc(-c2cc(F)c(C)cc2Cl)n1. The van der Waals surface area contributed by atoms with Crippen LogP contribution in [0.15, 0.2) is 17.5 Å². The highest BCUT2D eigenvalue weighted by Gasteiger charge is 2.11. The van der Waals surface area contributed by atoms with Gasteiger partial charge in [0.25, 0.3) is 0 Å². The van der Waals surface area contributed by atoms with Crippen molar-refractivity contribution in [3.05, 3.63) is 33.9 Å². The summed E-state index contributed by atoms with van der Waals surface area (Å²) < 4.78 is 13.4. The second-order valence-electron chi connectivity index (χ2n) is 3.37. The summed E-state index contributed by atoms with van der Waals surface area (Å²) in [5.74, 6) is 0.498. The van der Waals surface area contributed by atoms with Crippen LogP contribution in [0.3, 0.4) is 0 Å². The number of benzene rings is 1. The van der Waals surface area contributed by atoms with Crippen LogP contribution in [0.5, 0.6) is 0 Å². The molecule has 0 saturated carbocycles. The number of rotatable bonds is 2. The van der Waals surface area contributed by atoms with Crippen LogP contribution >= 0.6 is 22.9 Å². The molecule has 16 heavy (non-hydrogen) atoms. The number of anilines is 1. The van der Waals surface area contributed by atoms with Gasteiger partial charge in [-0.25, -0.2) is 9.37 Å². The summed E-state index contributed by atoms with van der Waals surface area (Å²) in [6.07, 6.45) is 0. The van der Waals surface area contributed by atoms with Crippen LogP contribution in [-0.4, -0.2) is 12.0 Å². The van der Waals surface area contributed by atoms with Crippen molar-refractivity contribution in [3.63, 3.8) is 0 Å². The van der Waals surface area contributed by atoms with Gasteiger partial charge in [-0.3, -0.25) is 0 Å². The van der Waals surface area contributed by atoms with Gasteiger partial charge in [-0.05, 0) is 24.6 Å². The molecule has 0 unspecified atom stereocenters. The van der Waals surface area contributed by atoms with E-state index in [0.29, 0.717) is 21.2 Å². The van der Waals surface area contributed by atoms with E-state index in [2.05, 4.69) is 10.3 Å². The lowest BCUT2D eigenvalue weighted by molar-refractivity contribution is 0.619. The molecule has 2 nitrogen and oxygen atoms in total. The first-order chi connectivity index (χ1) is 7.61. The zero-order valence-corrected chi connectivity index (χ0v) is 10.4. The summed E-state index contributed by atoms with van der Waals surface area (Å²) in [4.78, 5) is 4.29. The van der Waals surface area contributed by atoms with E-state index in [9.17, 15) is 4.39 Å². The van der Waals surface area contributed by atoms with E-state index in [1.165, 1.54) is 17.4 Å². The van der Waals surface area contributed by atoms with Crippen LogP contribution in [0.2, 0.25) is 5.02 Å². The van der Waals surface area contributed by atoms with Gasteiger partial charge in [0.1, 0.15) is 16.6 Å². The van der Waals surface area contributed by atoms with Gasteiger partial charge in [0, 0.05) is 18.0 Å². The van der Waals surface area contributed by atoms with Gasteiger partial charge < -0.3 is 5.32 Å². The Bertz CT molecular complexity index is 525. The Hall–Kier alpha value is -1.13. The molecule has 0 atom stereocenters. The zero-order chi connectivity index (χ0) is 11.7. The van der Waals surface area contributed by atoms with Crippen molar-refractivity contribution in [3.8, 4) is 10.6 Å². The third-order valence-electron chi connectivity index (χ3n) is 2.24. The summed E-state index contributed by atoms with van der Waals surface area (Å²) in [6.45, 7) is 1.69. The Balaban J connectivity index is 2.51. The van der Waals surface area contributed by atoms with Crippen LogP contribution in [0, 0.1) is 12.7 Å². The lowest BCUT2D eigenvalue weighted by Gasteiger charge is -2.03. The number of halogens is 2. The summed E-state index contributed by atoms with van der Waals surface area (Å²) >= 11 is 7.50. The minimum Gasteiger partial charge on any atom is -0.372 e. The highest BCUT2D eigenvalue weighted by Crippen LogP contribution is 2.33. The van der Waals surface area contributed by atoms with E-state index in [1.54, 1.807) is 20.0 Å². The van der Waals surface area contributed by atoms with Crippen molar-refractivity contribution in [2.75, 3.05) is 12.4 Å². The predicted molar refractivity (Wildman–Crippen MR) is 66.8 cm³/mol. The molecular formula is C11H10ClFN2S. The largest absolute Gasteiger partial charge is 0.372 e.